The SMILES string of the molecule is Cc1cccc(Nc2nc(C(N)=O)ccc2N)c1Br. The zero-order valence-corrected chi connectivity index (χ0v) is 11.9. The summed E-state index contributed by atoms with van der Waals surface area (Å²) in [4.78, 5) is 15.2. The molecule has 2 aromatic rings. The fraction of sp³-hybridized carbons (Fsp3) is 0.0769. The Labute approximate surface area is 119 Å². The number of halogens is 1. The molecule has 0 aliphatic rings. The van der Waals surface area contributed by atoms with E-state index in [1.54, 1.807) is 6.07 Å². The largest absolute Gasteiger partial charge is 0.396 e. The topological polar surface area (TPSA) is 94.0 Å². The molecule has 0 spiro atoms. The summed E-state index contributed by atoms with van der Waals surface area (Å²) >= 11 is 3.49. The Kier molecular flexibility index (Phi) is 3.71. The molecule has 2 rings (SSSR count). The number of amides is 1. The number of nitrogen functional groups attached to an aromatic ring is 1. The van der Waals surface area contributed by atoms with E-state index < -0.39 is 5.91 Å². The van der Waals surface area contributed by atoms with Gasteiger partial charge in [0.25, 0.3) is 5.91 Å². The van der Waals surface area contributed by atoms with Crippen molar-refractivity contribution >= 4 is 39.0 Å². The van der Waals surface area contributed by atoms with E-state index in [1.165, 1.54) is 6.07 Å². The number of aromatic nitrogens is 1. The lowest BCUT2D eigenvalue weighted by Gasteiger charge is -2.12. The molecule has 19 heavy (non-hydrogen) atoms. The third-order valence-corrected chi connectivity index (χ3v) is 3.68. The van der Waals surface area contributed by atoms with E-state index in [-0.39, 0.29) is 5.69 Å². The minimum atomic E-state index is -0.591. The van der Waals surface area contributed by atoms with Crippen LogP contribution in [0, 0.1) is 6.92 Å². The number of pyridine rings is 1. The van der Waals surface area contributed by atoms with Gasteiger partial charge in [-0.05, 0) is 46.6 Å². The summed E-state index contributed by atoms with van der Waals surface area (Å²) < 4.78 is 0.917. The van der Waals surface area contributed by atoms with Gasteiger partial charge >= 0.3 is 0 Å². The molecule has 5 nitrogen and oxygen atoms in total. The molecule has 1 aromatic carbocycles. The van der Waals surface area contributed by atoms with Gasteiger partial charge in [0.15, 0.2) is 5.82 Å². The summed E-state index contributed by atoms with van der Waals surface area (Å²) in [6.07, 6.45) is 0. The Morgan fingerprint density at radius 3 is 2.74 bits per heavy atom. The number of benzene rings is 1. The third kappa shape index (κ3) is 2.85. The van der Waals surface area contributed by atoms with Crippen molar-refractivity contribution in [2.24, 2.45) is 5.73 Å². The van der Waals surface area contributed by atoms with Gasteiger partial charge in [-0.2, -0.15) is 0 Å². The summed E-state index contributed by atoms with van der Waals surface area (Å²) in [5.74, 6) is -0.186. The van der Waals surface area contributed by atoms with Gasteiger partial charge in [0.1, 0.15) is 5.69 Å². The standard InChI is InChI=1S/C13H13BrN4O/c1-7-3-2-4-9(11(7)14)17-13-8(15)5-6-10(18-13)12(16)19/h2-6H,15H2,1H3,(H2,16,19)(H,17,18). The van der Waals surface area contributed by atoms with Crippen LogP contribution in [0.5, 0.6) is 0 Å². The Morgan fingerprint density at radius 2 is 2.05 bits per heavy atom. The maximum Gasteiger partial charge on any atom is 0.267 e. The quantitative estimate of drug-likeness (QED) is 0.810. The molecule has 5 N–H and O–H groups in total. The van der Waals surface area contributed by atoms with Crippen molar-refractivity contribution in [1.29, 1.82) is 0 Å². The zero-order valence-electron chi connectivity index (χ0n) is 10.3. The van der Waals surface area contributed by atoms with Gasteiger partial charge in [-0.25, -0.2) is 4.98 Å². The van der Waals surface area contributed by atoms with Crippen LogP contribution in [-0.4, -0.2) is 10.9 Å². The Morgan fingerprint density at radius 1 is 1.32 bits per heavy atom. The van der Waals surface area contributed by atoms with E-state index in [9.17, 15) is 4.79 Å². The number of nitrogens with two attached hydrogens (primary N) is 2. The van der Waals surface area contributed by atoms with Crippen LogP contribution in [0.15, 0.2) is 34.8 Å². The number of anilines is 3. The Hall–Kier alpha value is -2.08. The maximum absolute atomic E-state index is 11.1. The number of carbonyl (C=O) groups excluding carboxylic acids is 1. The molecule has 1 heterocycles. The summed E-state index contributed by atoms with van der Waals surface area (Å²) in [7, 11) is 0. The number of nitrogens with zero attached hydrogens (tertiary/aromatic N) is 1. The highest BCUT2D eigenvalue weighted by atomic mass is 79.9. The van der Waals surface area contributed by atoms with Crippen molar-refractivity contribution in [3.8, 4) is 0 Å². The van der Waals surface area contributed by atoms with Gasteiger partial charge in [0.2, 0.25) is 0 Å². The lowest BCUT2D eigenvalue weighted by molar-refractivity contribution is 0.0996. The second kappa shape index (κ2) is 5.27. The van der Waals surface area contributed by atoms with Gasteiger partial charge in [0.05, 0.1) is 11.4 Å². The molecule has 0 radical (unpaired) electrons. The zero-order chi connectivity index (χ0) is 14.0. The van der Waals surface area contributed by atoms with E-state index in [4.69, 9.17) is 11.5 Å². The van der Waals surface area contributed by atoms with Crippen LogP contribution in [0.4, 0.5) is 17.2 Å². The first-order chi connectivity index (χ1) is 8.99. The van der Waals surface area contributed by atoms with Crippen LogP contribution in [0.2, 0.25) is 0 Å². The van der Waals surface area contributed by atoms with E-state index in [1.807, 2.05) is 25.1 Å². The van der Waals surface area contributed by atoms with Gasteiger partial charge in [-0.1, -0.05) is 12.1 Å². The molecule has 6 heteroatoms. The molecule has 98 valence electrons. The highest BCUT2D eigenvalue weighted by molar-refractivity contribution is 9.10. The highest BCUT2D eigenvalue weighted by Gasteiger charge is 2.09. The molecule has 0 atom stereocenters. The number of hydrogen-bond acceptors (Lipinski definition) is 4. The van der Waals surface area contributed by atoms with Gasteiger partial charge in [0, 0.05) is 4.47 Å². The average Bonchev–Trinajstić information content (AvgIpc) is 2.37. The van der Waals surface area contributed by atoms with E-state index in [0.29, 0.717) is 11.5 Å². The van der Waals surface area contributed by atoms with Crippen LogP contribution in [-0.2, 0) is 0 Å². The molecule has 0 saturated carbocycles. The summed E-state index contributed by atoms with van der Waals surface area (Å²) in [5, 5.41) is 3.09. The van der Waals surface area contributed by atoms with Crippen LogP contribution >= 0.6 is 15.9 Å². The van der Waals surface area contributed by atoms with Crippen LogP contribution in [0.3, 0.4) is 0 Å². The summed E-state index contributed by atoms with van der Waals surface area (Å²) in [6.45, 7) is 1.98. The van der Waals surface area contributed by atoms with Crippen molar-refractivity contribution in [2.45, 2.75) is 6.92 Å². The van der Waals surface area contributed by atoms with Crippen LogP contribution < -0.4 is 16.8 Å². The lowest BCUT2D eigenvalue weighted by atomic mass is 10.2. The van der Waals surface area contributed by atoms with Crippen molar-refractivity contribution < 1.29 is 4.79 Å². The highest BCUT2D eigenvalue weighted by Crippen LogP contribution is 2.29. The predicted octanol–water partition coefficient (Wildman–Crippen LogP) is 2.58. The summed E-state index contributed by atoms with van der Waals surface area (Å²) in [6, 6.07) is 8.87. The van der Waals surface area contributed by atoms with Gasteiger partial charge in [-0.3, -0.25) is 4.79 Å². The van der Waals surface area contributed by atoms with Crippen molar-refractivity contribution in [1.82, 2.24) is 4.98 Å². The fourth-order valence-corrected chi connectivity index (χ4v) is 1.94. The smallest absolute Gasteiger partial charge is 0.267 e. The molecular formula is C13H13BrN4O. The second-order valence-corrected chi connectivity index (χ2v) is 4.85. The normalized spacial score (nSPS) is 10.2. The van der Waals surface area contributed by atoms with Crippen molar-refractivity contribution in [2.75, 3.05) is 11.1 Å². The minimum absolute atomic E-state index is 0.167. The fourth-order valence-electron chi connectivity index (χ4n) is 1.58. The Bertz CT molecular complexity index is 643. The minimum Gasteiger partial charge on any atom is -0.396 e. The lowest BCUT2D eigenvalue weighted by Crippen LogP contribution is -2.14. The van der Waals surface area contributed by atoms with Crippen molar-refractivity contribution in [3.05, 3.63) is 46.1 Å². The number of primary amides is 1. The third-order valence-electron chi connectivity index (χ3n) is 2.62. The number of aryl methyl sites for hydroxylation is 1. The molecule has 0 fully saturated rings. The first kappa shape index (κ1) is 13.4. The molecule has 0 saturated heterocycles. The monoisotopic (exact) mass is 320 g/mol. The van der Waals surface area contributed by atoms with E-state index >= 15 is 0 Å². The van der Waals surface area contributed by atoms with Crippen molar-refractivity contribution in [3.63, 3.8) is 0 Å². The molecule has 1 aromatic heterocycles. The number of nitrogens with one attached hydrogen (secondary N) is 1. The second-order valence-electron chi connectivity index (χ2n) is 4.06. The molecule has 0 aliphatic heterocycles. The first-order valence-electron chi connectivity index (χ1n) is 5.57. The van der Waals surface area contributed by atoms with Gasteiger partial charge in [-0.15, -0.1) is 0 Å². The van der Waals surface area contributed by atoms with E-state index in [0.717, 1.165) is 15.7 Å². The number of rotatable bonds is 3. The van der Waals surface area contributed by atoms with Crippen LogP contribution in [0.25, 0.3) is 0 Å². The predicted molar refractivity (Wildman–Crippen MR) is 79.3 cm³/mol. The Balaban J connectivity index is 2.40. The molecule has 0 bridgehead atoms. The molecule has 0 aliphatic carbocycles. The van der Waals surface area contributed by atoms with Gasteiger partial charge < -0.3 is 16.8 Å². The molecule has 0 unspecified atom stereocenters. The number of hydrogen-bond donors (Lipinski definition) is 3. The first-order valence-corrected chi connectivity index (χ1v) is 6.37. The maximum atomic E-state index is 11.1. The van der Waals surface area contributed by atoms with Crippen LogP contribution in [0.1, 0.15) is 16.1 Å². The van der Waals surface area contributed by atoms with E-state index in [2.05, 4.69) is 26.2 Å². The summed E-state index contributed by atoms with van der Waals surface area (Å²) in [5.41, 5.74) is 13.5. The molecule has 1 amide bonds. The number of carbonyl (C=O) groups is 1. The average molecular weight is 321 g/mol. The molecular weight excluding hydrogens is 308 g/mol.